The van der Waals surface area contributed by atoms with Gasteiger partial charge in [0, 0.05) is 48.8 Å². The van der Waals surface area contributed by atoms with Crippen LogP contribution in [0.4, 0.5) is 4.79 Å². The van der Waals surface area contributed by atoms with E-state index in [0.29, 0.717) is 36.3 Å². The molecule has 0 bridgehead atoms. The van der Waals surface area contributed by atoms with Crippen LogP contribution in [0.25, 0.3) is 10.8 Å². The van der Waals surface area contributed by atoms with Crippen molar-refractivity contribution in [3.8, 4) is 0 Å². The first-order valence-corrected chi connectivity index (χ1v) is 11.9. The van der Waals surface area contributed by atoms with Gasteiger partial charge in [-0.1, -0.05) is 12.1 Å². The number of carbonyl (C=O) groups is 1. The van der Waals surface area contributed by atoms with Crippen LogP contribution in [0, 0.1) is 5.92 Å². The summed E-state index contributed by atoms with van der Waals surface area (Å²) in [7, 11) is -3.72. The van der Waals surface area contributed by atoms with Crippen LogP contribution in [0.1, 0.15) is 40.0 Å². The monoisotopic (exact) mass is 431 g/mol. The maximum atomic E-state index is 13.8. The first kappa shape index (κ1) is 21.1. The summed E-state index contributed by atoms with van der Waals surface area (Å²) in [4.78, 5) is 18.8. The highest BCUT2D eigenvalue weighted by Crippen LogP contribution is 2.39. The average Bonchev–Trinajstić information content (AvgIpc) is 3.51. The lowest BCUT2D eigenvalue weighted by Crippen LogP contribution is -2.47. The number of fused-ring (bicyclic) bond motifs is 1. The molecule has 0 N–H and O–H groups in total. The van der Waals surface area contributed by atoms with Crippen molar-refractivity contribution in [1.29, 1.82) is 0 Å². The lowest BCUT2D eigenvalue weighted by atomic mass is 10.2. The fourth-order valence-corrected chi connectivity index (χ4v) is 6.02. The summed E-state index contributed by atoms with van der Waals surface area (Å²) >= 11 is 0. The second kappa shape index (κ2) is 7.81. The highest BCUT2D eigenvalue weighted by molar-refractivity contribution is 7.89. The lowest BCUT2D eigenvalue weighted by Gasteiger charge is -2.32. The van der Waals surface area contributed by atoms with Gasteiger partial charge in [0.05, 0.1) is 4.90 Å². The molecule has 2 heterocycles. The number of hydrogen-bond donors (Lipinski definition) is 0. The van der Waals surface area contributed by atoms with Gasteiger partial charge in [-0.25, -0.2) is 13.2 Å². The fraction of sp³-hybridized carbons (Fsp3) is 0.545. The standard InChI is InChI=1S/C22H29N3O4S/c1-22(2,3)29-21(26)24-12-5-13-25(19(15-24)16-8-9-16)30(27,28)20-7-4-6-17-14-23-11-10-18(17)20/h4,6-7,10-11,14,16,19H,5,8-9,12-13,15H2,1-3H3/t19-/m0/s1. The van der Waals surface area contributed by atoms with Gasteiger partial charge in [0.15, 0.2) is 0 Å². The quantitative estimate of drug-likeness (QED) is 0.741. The average molecular weight is 432 g/mol. The normalized spacial score (nSPS) is 21.4. The second-order valence-corrected chi connectivity index (χ2v) is 11.0. The largest absolute Gasteiger partial charge is 0.444 e. The Balaban J connectivity index is 1.67. The number of aromatic nitrogens is 1. The Bertz CT molecular complexity index is 1040. The molecule has 2 fully saturated rings. The molecular weight excluding hydrogens is 402 g/mol. The summed E-state index contributed by atoms with van der Waals surface area (Å²) < 4.78 is 34.7. The van der Waals surface area contributed by atoms with Crippen LogP contribution in [0.2, 0.25) is 0 Å². The van der Waals surface area contributed by atoms with Crippen LogP contribution >= 0.6 is 0 Å². The van der Waals surface area contributed by atoms with Gasteiger partial charge >= 0.3 is 6.09 Å². The predicted octanol–water partition coefficient (Wildman–Crippen LogP) is 3.64. The van der Waals surface area contributed by atoms with Crippen LogP contribution in [0.15, 0.2) is 41.6 Å². The van der Waals surface area contributed by atoms with Crippen LogP contribution in [-0.2, 0) is 14.8 Å². The van der Waals surface area contributed by atoms with Gasteiger partial charge in [-0.3, -0.25) is 4.98 Å². The minimum atomic E-state index is -3.72. The van der Waals surface area contributed by atoms with E-state index in [1.165, 1.54) is 0 Å². The summed E-state index contributed by atoms with van der Waals surface area (Å²) in [6.45, 7) is 6.77. The van der Waals surface area contributed by atoms with E-state index < -0.39 is 15.6 Å². The highest BCUT2D eigenvalue weighted by atomic mass is 32.2. The van der Waals surface area contributed by atoms with E-state index in [9.17, 15) is 13.2 Å². The summed E-state index contributed by atoms with van der Waals surface area (Å²) in [5.41, 5.74) is -0.582. The summed E-state index contributed by atoms with van der Waals surface area (Å²) in [5, 5.41) is 1.47. The second-order valence-electron chi connectivity index (χ2n) is 9.15. The van der Waals surface area contributed by atoms with Gasteiger partial charge in [-0.2, -0.15) is 4.31 Å². The number of nitrogens with zero attached hydrogens (tertiary/aromatic N) is 3. The molecule has 1 amide bonds. The molecule has 7 nitrogen and oxygen atoms in total. The maximum Gasteiger partial charge on any atom is 0.410 e. The van der Waals surface area contributed by atoms with Crippen LogP contribution in [0.5, 0.6) is 0 Å². The first-order chi connectivity index (χ1) is 14.2. The van der Waals surface area contributed by atoms with Crippen molar-refractivity contribution < 1.29 is 17.9 Å². The molecule has 1 saturated heterocycles. The SMILES string of the molecule is CC(C)(C)OC(=O)N1CCCN(S(=O)(=O)c2cccc3cnccc23)[C@H](C2CC2)C1. The summed E-state index contributed by atoms with van der Waals surface area (Å²) in [6.07, 6.45) is 5.47. The number of benzene rings is 1. The molecule has 0 unspecified atom stereocenters. The minimum absolute atomic E-state index is 0.234. The van der Waals surface area contributed by atoms with E-state index in [1.807, 2.05) is 26.8 Å². The Morgan fingerprint density at radius 1 is 1.17 bits per heavy atom. The number of carbonyl (C=O) groups excluding carboxylic acids is 1. The van der Waals surface area contributed by atoms with Crippen molar-refractivity contribution >= 4 is 26.9 Å². The molecule has 1 aliphatic carbocycles. The molecule has 1 atom stereocenters. The molecule has 0 spiro atoms. The molecule has 1 aromatic carbocycles. The van der Waals surface area contributed by atoms with Crippen molar-refractivity contribution in [3.05, 3.63) is 36.7 Å². The Hall–Kier alpha value is -2.19. The molecule has 1 aromatic heterocycles. The summed E-state index contributed by atoms with van der Waals surface area (Å²) in [6, 6.07) is 6.81. The molecular formula is C22H29N3O4S. The maximum absolute atomic E-state index is 13.8. The number of sulfonamides is 1. The van der Waals surface area contributed by atoms with E-state index >= 15 is 0 Å². The molecule has 0 radical (unpaired) electrons. The van der Waals surface area contributed by atoms with Gasteiger partial charge in [0.1, 0.15) is 5.60 Å². The molecule has 2 aliphatic rings. The van der Waals surface area contributed by atoms with Crippen molar-refractivity contribution in [2.24, 2.45) is 5.92 Å². The van der Waals surface area contributed by atoms with E-state index in [2.05, 4.69) is 4.98 Å². The number of rotatable bonds is 3. The molecule has 8 heteroatoms. The van der Waals surface area contributed by atoms with Gasteiger partial charge < -0.3 is 9.64 Å². The molecule has 2 aromatic rings. The van der Waals surface area contributed by atoms with Crippen LogP contribution in [-0.4, -0.2) is 60.0 Å². The zero-order valence-corrected chi connectivity index (χ0v) is 18.6. The Labute approximate surface area is 178 Å². The third kappa shape index (κ3) is 4.30. The van der Waals surface area contributed by atoms with Gasteiger partial charge in [-0.05, 0) is 58.1 Å². The third-order valence-electron chi connectivity index (χ3n) is 5.63. The van der Waals surface area contributed by atoms with Crippen molar-refractivity contribution in [2.45, 2.75) is 56.6 Å². The van der Waals surface area contributed by atoms with E-state index in [0.717, 1.165) is 18.2 Å². The van der Waals surface area contributed by atoms with Gasteiger partial charge in [0.25, 0.3) is 0 Å². The molecule has 30 heavy (non-hydrogen) atoms. The smallest absolute Gasteiger partial charge is 0.410 e. The van der Waals surface area contributed by atoms with Crippen LogP contribution < -0.4 is 0 Å². The predicted molar refractivity (Wildman–Crippen MR) is 115 cm³/mol. The van der Waals surface area contributed by atoms with Crippen LogP contribution in [0.3, 0.4) is 0 Å². The molecule has 4 rings (SSSR count). The number of hydrogen-bond acceptors (Lipinski definition) is 5. The Morgan fingerprint density at radius 2 is 1.93 bits per heavy atom. The molecule has 1 aliphatic heterocycles. The Kier molecular flexibility index (Phi) is 5.48. The Morgan fingerprint density at radius 3 is 2.63 bits per heavy atom. The van der Waals surface area contributed by atoms with E-state index in [1.54, 1.807) is 39.8 Å². The van der Waals surface area contributed by atoms with Crippen molar-refractivity contribution in [1.82, 2.24) is 14.2 Å². The highest BCUT2D eigenvalue weighted by Gasteiger charge is 2.44. The number of pyridine rings is 1. The number of ether oxygens (including phenoxy) is 1. The number of amides is 1. The zero-order valence-electron chi connectivity index (χ0n) is 17.7. The fourth-order valence-electron chi connectivity index (χ4n) is 4.09. The molecule has 162 valence electrons. The topological polar surface area (TPSA) is 79.8 Å². The van der Waals surface area contributed by atoms with Crippen molar-refractivity contribution in [3.63, 3.8) is 0 Å². The van der Waals surface area contributed by atoms with Gasteiger partial charge in [0.2, 0.25) is 10.0 Å². The van der Waals surface area contributed by atoms with Gasteiger partial charge in [-0.15, -0.1) is 0 Å². The van der Waals surface area contributed by atoms with Crippen molar-refractivity contribution in [2.75, 3.05) is 19.6 Å². The minimum Gasteiger partial charge on any atom is -0.444 e. The van der Waals surface area contributed by atoms with E-state index in [-0.39, 0.29) is 18.1 Å². The summed E-state index contributed by atoms with van der Waals surface area (Å²) in [5.74, 6) is 0.277. The first-order valence-electron chi connectivity index (χ1n) is 10.5. The lowest BCUT2D eigenvalue weighted by molar-refractivity contribution is 0.0236. The van der Waals surface area contributed by atoms with E-state index in [4.69, 9.17) is 4.74 Å². The zero-order chi connectivity index (χ0) is 21.5. The molecule has 1 saturated carbocycles. The third-order valence-corrected chi connectivity index (χ3v) is 7.61.